The summed E-state index contributed by atoms with van der Waals surface area (Å²) in [6.07, 6.45) is 4.52. The van der Waals surface area contributed by atoms with Gasteiger partial charge in [0.15, 0.2) is 0 Å². The second-order valence-electron chi connectivity index (χ2n) is 5.81. The molecule has 0 saturated heterocycles. The number of amides is 1. The molecule has 0 heterocycles. The number of rotatable bonds is 6. The molecule has 1 unspecified atom stereocenters. The quantitative estimate of drug-likeness (QED) is 0.839. The lowest BCUT2D eigenvalue weighted by Gasteiger charge is -2.37. The van der Waals surface area contributed by atoms with E-state index < -0.39 is 0 Å². The van der Waals surface area contributed by atoms with Gasteiger partial charge in [-0.2, -0.15) is 0 Å². The van der Waals surface area contributed by atoms with Crippen LogP contribution in [-0.2, 0) is 4.79 Å². The molecule has 1 amide bonds. The standard InChI is InChI=1S/C16H24N2O2/c1-3-12(2)20-14-7-4-6-13(10-14)18-15(19)11-16(17)8-5-9-16/h4,6-7,10,12H,3,5,8-9,11,17H2,1-2H3,(H,18,19). The summed E-state index contributed by atoms with van der Waals surface area (Å²) in [7, 11) is 0. The number of carbonyl (C=O) groups excluding carboxylic acids is 1. The van der Waals surface area contributed by atoms with Crippen LogP contribution in [0.1, 0.15) is 46.0 Å². The summed E-state index contributed by atoms with van der Waals surface area (Å²) in [5.74, 6) is 0.760. The second kappa shape index (κ2) is 6.27. The van der Waals surface area contributed by atoms with Gasteiger partial charge in [-0.1, -0.05) is 13.0 Å². The SMILES string of the molecule is CCC(C)Oc1cccc(NC(=O)CC2(N)CCC2)c1. The molecular formula is C16H24N2O2. The Morgan fingerprint density at radius 1 is 1.50 bits per heavy atom. The summed E-state index contributed by atoms with van der Waals surface area (Å²) >= 11 is 0. The highest BCUT2D eigenvalue weighted by Gasteiger charge is 2.34. The number of anilines is 1. The third-order valence-electron chi connectivity index (χ3n) is 3.89. The van der Waals surface area contributed by atoms with E-state index in [-0.39, 0.29) is 17.6 Å². The molecule has 1 aromatic rings. The van der Waals surface area contributed by atoms with Crippen molar-refractivity contribution in [2.24, 2.45) is 5.73 Å². The van der Waals surface area contributed by atoms with Gasteiger partial charge in [0.25, 0.3) is 0 Å². The fourth-order valence-electron chi connectivity index (χ4n) is 2.30. The maximum Gasteiger partial charge on any atom is 0.226 e. The number of carbonyl (C=O) groups is 1. The first-order valence-electron chi connectivity index (χ1n) is 7.36. The molecule has 0 spiro atoms. The van der Waals surface area contributed by atoms with Crippen LogP contribution in [-0.4, -0.2) is 17.6 Å². The van der Waals surface area contributed by atoms with Crippen LogP contribution in [0.15, 0.2) is 24.3 Å². The van der Waals surface area contributed by atoms with E-state index in [0.717, 1.165) is 37.1 Å². The lowest BCUT2D eigenvalue weighted by molar-refractivity contribution is -0.118. The third-order valence-corrected chi connectivity index (χ3v) is 3.89. The smallest absolute Gasteiger partial charge is 0.226 e. The van der Waals surface area contributed by atoms with Gasteiger partial charge in [0.1, 0.15) is 5.75 Å². The third kappa shape index (κ3) is 3.97. The zero-order chi connectivity index (χ0) is 14.6. The van der Waals surface area contributed by atoms with Crippen molar-refractivity contribution in [3.05, 3.63) is 24.3 Å². The molecule has 1 aliphatic rings. The highest BCUT2D eigenvalue weighted by molar-refractivity contribution is 5.91. The predicted octanol–water partition coefficient (Wildman–Crippen LogP) is 3.07. The van der Waals surface area contributed by atoms with Gasteiger partial charge in [0, 0.05) is 23.7 Å². The molecule has 1 aromatic carbocycles. The first-order valence-corrected chi connectivity index (χ1v) is 7.36. The van der Waals surface area contributed by atoms with Crippen molar-refractivity contribution in [3.63, 3.8) is 0 Å². The molecule has 110 valence electrons. The first kappa shape index (κ1) is 14.9. The van der Waals surface area contributed by atoms with E-state index >= 15 is 0 Å². The number of hydrogen-bond donors (Lipinski definition) is 2. The summed E-state index contributed by atoms with van der Waals surface area (Å²) in [4.78, 5) is 12.0. The van der Waals surface area contributed by atoms with Gasteiger partial charge in [0.2, 0.25) is 5.91 Å². The molecule has 3 N–H and O–H groups in total. The van der Waals surface area contributed by atoms with E-state index in [1.54, 1.807) is 0 Å². The van der Waals surface area contributed by atoms with Crippen LogP contribution >= 0.6 is 0 Å². The Kier molecular flexibility index (Phi) is 4.65. The fourth-order valence-corrected chi connectivity index (χ4v) is 2.30. The monoisotopic (exact) mass is 276 g/mol. The molecule has 4 heteroatoms. The van der Waals surface area contributed by atoms with E-state index in [1.807, 2.05) is 31.2 Å². The average molecular weight is 276 g/mol. The van der Waals surface area contributed by atoms with Crippen LogP contribution in [0, 0.1) is 0 Å². The molecule has 1 fully saturated rings. The van der Waals surface area contributed by atoms with E-state index in [1.165, 1.54) is 0 Å². The Morgan fingerprint density at radius 2 is 2.25 bits per heavy atom. The zero-order valence-electron chi connectivity index (χ0n) is 12.3. The minimum absolute atomic E-state index is 0.0205. The van der Waals surface area contributed by atoms with Crippen molar-refractivity contribution in [2.75, 3.05) is 5.32 Å². The van der Waals surface area contributed by atoms with Gasteiger partial charge >= 0.3 is 0 Å². The molecule has 1 saturated carbocycles. The van der Waals surface area contributed by atoms with Crippen molar-refractivity contribution in [1.82, 2.24) is 0 Å². The Morgan fingerprint density at radius 3 is 2.85 bits per heavy atom. The van der Waals surface area contributed by atoms with Gasteiger partial charge < -0.3 is 15.8 Å². The summed E-state index contributed by atoms with van der Waals surface area (Å²) in [5, 5.41) is 2.90. The predicted molar refractivity (Wildman–Crippen MR) is 80.8 cm³/mol. The van der Waals surface area contributed by atoms with E-state index in [2.05, 4.69) is 12.2 Å². The van der Waals surface area contributed by atoms with Crippen LogP contribution in [0.5, 0.6) is 5.75 Å². The number of nitrogens with one attached hydrogen (secondary N) is 1. The van der Waals surface area contributed by atoms with E-state index in [4.69, 9.17) is 10.5 Å². The van der Waals surface area contributed by atoms with Crippen molar-refractivity contribution >= 4 is 11.6 Å². The molecular weight excluding hydrogens is 252 g/mol. The van der Waals surface area contributed by atoms with Crippen molar-refractivity contribution < 1.29 is 9.53 Å². The van der Waals surface area contributed by atoms with Crippen molar-refractivity contribution in [2.45, 2.75) is 57.6 Å². The summed E-state index contributed by atoms with van der Waals surface area (Å²) in [6.45, 7) is 4.11. The second-order valence-corrected chi connectivity index (χ2v) is 5.81. The molecule has 2 rings (SSSR count). The molecule has 1 aliphatic carbocycles. The Bertz CT molecular complexity index is 469. The number of benzene rings is 1. The largest absolute Gasteiger partial charge is 0.491 e. The summed E-state index contributed by atoms with van der Waals surface area (Å²) in [5.41, 5.74) is 6.57. The van der Waals surface area contributed by atoms with Gasteiger partial charge in [-0.25, -0.2) is 0 Å². The summed E-state index contributed by atoms with van der Waals surface area (Å²) < 4.78 is 5.74. The Labute approximate surface area is 120 Å². The molecule has 20 heavy (non-hydrogen) atoms. The first-order chi connectivity index (χ1) is 9.50. The molecule has 0 radical (unpaired) electrons. The molecule has 0 bridgehead atoms. The molecule has 0 aliphatic heterocycles. The molecule has 4 nitrogen and oxygen atoms in total. The van der Waals surface area contributed by atoms with Crippen molar-refractivity contribution in [1.29, 1.82) is 0 Å². The van der Waals surface area contributed by atoms with Gasteiger partial charge in [-0.3, -0.25) is 4.79 Å². The van der Waals surface area contributed by atoms with Crippen molar-refractivity contribution in [3.8, 4) is 5.75 Å². The lowest BCUT2D eigenvalue weighted by Crippen LogP contribution is -2.48. The maximum atomic E-state index is 12.0. The van der Waals surface area contributed by atoms with Crippen LogP contribution in [0.4, 0.5) is 5.69 Å². The number of hydrogen-bond acceptors (Lipinski definition) is 3. The van der Waals surface area contributed by atoms with Crippen LogP contribution in [0.3, 0.4) is 0 Å². The number of ether oxygens (including phenoxy) is 1. The lowest BCUT2D eigenvalue weighted by atomic mass is 9.75. The molecule has 0 aromatic heterocycles. The zero-order valence-corrected chi connectivity index (χ0v) is 12.3. The van der Waals surface area contributed by atoms with Crippen LogP contribution in [0.25, 0.3) is 0 Å². The van der Waals surface area contributed by atoms with E-state index in [9.17, 15) is 4.79 Å². The molecule has 1 atom stereocenters. The average Bonchev–Trinajstić information content (AvgIpc) is 2.37. The van der Waals surface area contributed by atoms with Gasteiger partial charge in [-0.15, -0.1) is 0 Å². The van der Waals surface area contributed by atoms with Crippen LogP contribution < -0.4 is 15.8 Å². The fraction of sp³-hybridized carbons (Fsp3) is 0.562. The van der Waals surface area contributed by atoms with Gasteiger partial charge in [0.05, 0.1) is 6.10 Å². The van der Waals surface area contributed by atoms with Gasteiger partial charge in [-0.05, 0) is 44.7 Å². The topological polar surface area (TPSA) is 64.3 Å². The minimum atomic E-state index is -0.283. The Balaban J connectivity index is 1.91. The van der Waals surface area contributed by atoms with Crippen LogP contribution in [0.2, 0.25) is 0 Å². The highest BCUT2D eigenvalue weighted by atomic mass is 16.5. The van der Waals surface area contributed by atoms with E-state index in [0.29, 0.717) is 6.42 Å². The Hall–Kier alpha value is -1.55. The maximum absolute atomic E-state index is 12.0. The highest BCUT2D eigenvalue weighted by Crippen LogP contribution is 2.32. The minimum Gasteiger partial charge on any atom is -0.491 e. The number of nitrogens with two attached hydrogens (primary N) is 1. The normalized spacial score (nSPS) is 17.9. The summed E-state index contributed by atoms with van der Waals surface area (Å²) in [6, 6.07) is 7.51.